The maximum Gasteiger partial charge on any atom is 0.255 e. The smallest absolute Gasteiger partial charge is 0.255 e. The number of aliphatic hydroxyl groups excluding tert-OH is 1. The Bertz CT molecular complexity index is 720. The van der Waals surface area contributed by atoms with Gasteiger partial charge in [0.1, 0.15) is 12.4 Å². The summed E-state index contributed by atoms with van der Waals surface area (Å²) in [6, 6.07) is 14.7. The van der Waals surface area contributed by atoms with Crippen LogP contribution >= 0.6 is 11.6 Å². The molecule has 2 rings (SSSR count). The molecule has 0 radical (unpaired) electrons. The SMILES string of the molecule is CCC(CC(C)CO)NC(=O)c1ccccc1OCc1ccccc1Cl. The number of hydrogen-bond donors (Lipinski definition) is 2. The molecule has 0 saturated carbocycles. The van der Waals surface area contributed by atoms with E-state index in [1.54, 1.807) is 12.1 Å². The second kappa shape index (κ2) is 10.2. The van der Waals surface area contributed by atoms with Gasteiger partial charge in [-0.05, 0) is 37.0 Å². The van der Waals surface area contributed by atoms with E-state index in [9.17, 15) is 9.90 Å². The first kappa shape index (κ1) is 20.3. The van der Waals surface area contributed by atoms with Crippen molar-refractivity contribution in [2.75, 3.05) is 6.61 Å². The lowest BCUT2D eigenvalue weighted by molar-refractivity contribution is 0.0921. The van der Waals surface area contributed by atoms with Crippen molar-refractivity contribution in [3.05, 3.63) is 64.7 Å². The van der Waals surface area contributed by atoms with Gasteiger partial charge in [-0.2, -0.15) is 0 Å². The highest BCUT2D eigenvalue weighted by molar-refractivity contribution is 6.31. The van der Waals surface area contributed by atoms with E-state index in [0.29, 0.717) is 22.9 Å². The van der Waals surface area contributed by atoms with E-state index >= 15 is 0 Å². The van der Waals surface area contributed by atoms with Gasteiger partial charge < -0.3 is 15.2 Å². The van der Waals surface area contributed by atoms with Crippen molar-refractivity contribution in [3.63, 3.8) is 0 Å². The van der Waals surface area contributed by atoms with Crippen LogP contribution in [-0.2, 0) is 6.61 Å². The number of amides is 1. The predicted molar refractivity (Wildman–Crippen MR) is 105 cm³/mol. The van der Waals surface area contributed by atoms with Crippen LogP contribution in [0.4, 0.5) is 0 Å². The summed E-state index contributed by atoms with van der Waals surface area (Å²) in [6.07, 6.45) is 1.54. The summed E-state index contributed by atoms with van der Waals surface area (Å²) in [7, 11) is 0. The third kappa shape index (κ3) is 5.75. The molecule has 0 aromatic heterocycles. The van der Waals surface area contributed by atoms with Gasteiger partial charge in [-0.25, -0.2) is 0 Å². The predicted octanol–water partition coefficient (Wildman–Crippen LogP) is 4.45. The van der Waals surface area contributed by atoms with E-state index in [2.05, 4.69) is 5.32 Å². The van der Waals surface area contributed by atoms with Crippen LogP contribution < -0.4 is 10.1 Å². The highest BCUT2D eigenvalue weighted by Crippen LogP contribution is 2.22. The lowest BCUT2D eigenvalue weighted by atomic mass is 10.0. The van der Waals surface area contributed by atoms with Crippen molar-refractivity contribution in [1.29, 1.82) is 0 Å². The van der Waals surface area contributed by atoms with Gasteiger partial charge in [0.15, 0.2) is 0 Å². The number of ether oxygens (including phenoxy) is 1. The van der Waals surface area contributed by atoms with Crippen LogP contribution in [0.2, 0.25) is 5.02 Å². The normalized spacial score (nSPS) is 13.1. The van der Waals surface area contributed by atoms with Gasteiger partial charge in [-0.1, -0.05) is 55.8 Å². The Balaban J connectivity index is 2.07. The molecule has 5 heteroatoms. The van der Waals surface area contributed by atoms with Crippen LogP contribution in [0.5, 0.6) is 5.75 Å². The van der Waals surface area contributed by atoms with E-state index in [-0.39, 0.29) is 24.5 Å². The highest BCUT2D eigenvalue weighted by Gasteiger charge is 2.18. The van der Waals surface area contributed by atoms with Gasteiger partial charge in [0.2, 0.25) is 0 Å². The quantitative estimate of drug-likeness (QED) is 0.680. The number of rotatable bonds is 9. The van der Waals surface area contributed by atoms with Crippen LogP contribution in [-0.4, -0.2) is 23.7 Å². The monoisotopic (exact) mass is 375 g/mol. The van der Waals surface area contributed by atoms with Crippen molar-refractivity contribution < 1.29 is 14.6 Å². The Morgan fingerprint density at radius 3 is 2.58 bits per heavy atom. The molecule has 2 unspecified atom stereocenters. The van der Waals surface area contributed by atoms with Crippen LogP contribution in [0.15, 0.2) is 48.5 Å². The molecule has 0 bridgehead atoms. The molecule has 2 aromatic rings. The van der Waals surface area contributed by atoms with Gasteiger partial charge in [-0.15, -0.1) is 0 Å². The molecule has 2 N–H and O–H groups in total. The second-order valence-electron chi connectivity index (χ2n) is 6.48. The number of hydrogen-bond acceptors (Lipinski definition) is 3. The molecule has 0 heterocycles. The minimum atomic E-state index is -0.170. The van der Waals surface area contributed by atoms with Crippen LogP contribution in [0, 0.1) is 5.92 Å². The van der Waals surface area contributed by atoms with E-state index in [1.807, 2.05) is 50.2 Å². The standard InChI is InChI=1S/C21H26ClNO3/c1-3-17(12-15(2)13-24)23-21(25)18-9-5-7-11-20(18)26-14-16-8-4-6-10-19(16)22/h4-11,15,17,24H,3,12-14H2,1-2H3,(H,23,25). The minimum Gasteiger partial charge on any atom is -0.488 e. The number of carbonyl (C=O) groups excluding carboxylic acids is 1. The van der Waals surface area contributed by atoms with E-state index in [4.69, 9.17) is 16.3 Å². The Morgan fingerprint density at radius 2 is 1.88 bits per heavy atom. The fourth-order valence-electron chi connectivity index (χ4n) is 2.70. The maximum atomic E-state index is 12.7. The van der Waals surface area contributed by atoms with Crippen LogP contribution in [0.3, 0.4) is 0 Å². The Hall–Kier alpha value is -2.04. The Labute approximate surface area is 160 Å². The first-order valence-corrected chi connectivity index (χ1v) is 9.29. The topological polar surface area (TPSA) is 58.6 Å². The zero-order chi connectivity index (χ0) is 18.9. The molecule has 0 fully saturated rings. The molecular weight excluding hydrogens is 350 g/mol. The zero-order valence-electron chi connectivity index (χ0n) is 15.2. The number of halogens is 1. The molecular formula is C21H26ClNO3. The fraction of sp³-hybridized carbons (Fsp3) is 0.381. The molecule has 0 aliphatic carbocycles. The van der Waals surface area contributed by atoms with E-state index in [1.165, 1.54) is 0 Å². The summed E-state index contributed by atoms with van der Waals surface area (Å²) in [4.78, 5) is 12.7. The average Bonchev–Trinajstić information content (AvgIpc) is 2.66. The molecule has 2 aromatic carbocycles. The molecule has 0 aliphatic rings. The Kier molecular flexibility index (Phi) is 7.95. The second-order valence-corrected chi connectivity index (χ2v) is 6.89. The van der Waals surface area contributed by atoms with Crippen molar-refractivity contribution in [3.8, 4) is 5.75 Å². The lowest BCUT2D eigenvalue weighted by Gasteiger charge is -2.21. The lowest BCUT2D eigenvalue weighted by Crippen LogP contribution is -2.36. The molecule has 0 spiro atoms. The zero-order valence-corrected chi connectivity index (χ0v) is 16.0. The molecule has 2 atom stereocenters. The Morgan fingerprint density at radius 1 is 1.19 bits per heavy atom. The highest BCUT2D eigenvalue weighted by atomic mass is 35.5. The number of nitrogens with one attached hydrogen (secondary N) is 1. The van der Waals surface area contributed by atoms with Crippen molar-refractivity contribution in [2.45, 2.75) is 39.3 Å². The molecule has 1 amide bonds. The summed E-state index contributed by atoms with van der Waals surface area (Å²) >= 11 is 6.16. The van der Waals surface area contributed by atoms with Gasteiger partial charge >= 0.3 is 0 Å². The first-order chi connectivity index (χ1) is 12.5. The number of carbonyl (C=O) groups is 1. The van der Waals surface area contributed by atoms with Gasteiger partial charge in [0.05, 0.1) is 5.56 Å². The maximum absolute atomic E-state index is 12.7. The van der Waals surface area contributed by atoms with Gasteiger partial charge in [0.25, 0.3) is 5.91 Å². The number of aliphatic hydroxyl groups is 1. The van der Waals surface area contributed by atoms with E-state index in [0.717, 1.165) is 18.4 Å². The van der Waals surface area contributed by atoms with Crippen molar-refractivity contribution >= 4 is 17.5 Å². The van der Waals surface area contributed by atoms with E-state index < -0.39 is 0 Å². The third-order valence-corrected chi connectivity index (χ3v) is 4.67. The summed E-state index contributed by atoms with van der Waals surface area (Å²) in [5, 5.41) is 12.9. The fourth-order valence-corrected chi connectivity index (χ4v) is 2.89. The summed E-state index contributed by atoms with van der Waals surface area (Å²) < 4.78 is 5.86. The molecule has 0 aliphatic heterocycles. The largest absolute Gasteiger partial charge is 0.488 e. The van der Waals surface area contributed by atoms with Crippen molar-refractivity contribution in [1.82, 2.24) is 5.32 Å². The summed E-state index contributed by atoms with van der Waals surface area (Å²) in [6.45, 7) is 4.40. The molecule has 140 valence electrons. The number of benzene rings is 2. The van der Waals surface area contributed by atoms with Crippen LogP contribution in [0.1, 0.15) is 42.6 Å². The summed E-state index contributed by atoms with van der Waals surface area (Å²) in [5.74, 6) is 0.499. The number of para-hydroxylation sites is 1. The summed E-state index contributed by atoms with van der Waals surface area (Å²) in [5.41, 5.74) is 1.36. The molecule has 4 nitrogen and oxygen atoms in total. The molecule has 0 saturated heterocycles. The van der Waals surface area contributed by atoms with Gasteiger partial charge in [-0.3, -0.25) is 4.79 Å². The minimum absolute atomic E-state index is 0.0151. The molecule has 26 heavy (non-hydrogen) atoms. The van der Waals surface area contributed by atoms with Gasteiger partial charge in [0, 0.05) is 23.2 Å². The third-order valence-electron chi connectivity index (χ3n) is 4.30. The van der Waals surface area contributed by atoms with Crippen LogP contribution in [0.25, 0.3) is 0 Å². The van der Waals surface area contributed by atoms with Crippen molar-refractivity contribution in [2.24, 2.45) is 5.92 Å². The first-order valence-electron chi connectivity index (χ1n) is 8.92. The average molecular weight is 376 g/mol.